The molecular weight excluding hydrogens is 164 g/mol. The fourth-order valence-electron chi connectivity index (χ4n) is 0.847. The highest BCUT2D eigenvalue weighted by molar-refractivity contribution is 5.78. The van der Waals surface area contributed by atoms with E-state index >= 15 is 0 Å². The van der Waals surface area contributed by atoms with Gasteiger partial charge in [0, 0.05) is 25.0 Å². The van der Waals surface area contributed by atoms with Gasteiger partial charge < -0.3 is 9.40 Å². The van der Waals surface area contributed by atoms with Crippen LogP contribution < -0.4 is 0 Å². The van der Waals surface area contributed by atoms with Crippen molar-refractivity contribution in [2.45, 2.75) is 26.4 Å². The van der Waals surface area contributed by atoms with Crippen LogP contribution in [0.15, 0.2) is 23.6 Å². The molecular formula is C10H16N2O. The molecule has 0 bridgehead atoms. The van der Waals surface area contributed by atoms with E-state index in [2.05, 4.69) is 5.16 Å². The summed E-state index contributed by atoms with van der Waals surface area (Å²) in [6.07, 6.45) is 5.67. The Bertz CT molecular complexity index is 294. The first-order valence-electron chi connectivity index (χ1n) is 4.31. The molecule has 1 aromatic heterocycles. The van der Waals surface area contributed by atoms with Gasteiger partial charge in [0.05, 0.1) is 6.21 Å². The van der Waals surface area contributed by atoms with Crippen LogP contribution >= 0.6 is 0 Å². The molecule has 0 spiro atoms. The summed E-state index contributed by atoms with van der Waals surface area (Å²) in [4.78, 5) is 5.20. The zero-order valence-corrected chi connectivity index (χ0v) is 8.61. The van der Waals surface area contributed by atoms with Crippen LogP contribution in [-0.4, -0.2) is 16.4 Å². The summed E-state index contributed by atoms with van der Waals surface area (Å²) in [6.45, 7) is 5.90. The van der Waals surface area contributed by atoms with E-state index in [1.165, 1.54) is 0 Å². The lowest BCUT2D eigenvalue weighted by Crippen LogP contribution is -2.15. The van der Waals surface area contributed by atoms with Crippen molar-refractivity contribution < 1.29 is 4.84 Å². The van der Waals surface area contributed by atoms with Crippen molar-refractivity contribution in [3.8, 4) is 0 Å². The van der Waals surface area contributed by atoms with Crippen LogP contribution in [0.2, 0.25) is 0 Å². The van der Waals surface area contributed by atoms with Crippen molar-refractivity contribution in [2.75, 3.05) is 0 Å². The molecule has 1 heterocycles. The third-order valence-electron chi connectivity index (χ3n) is 1.38. The topological polar surface area (TPSA) is 26.5 Å². The third-order valence-corrected chi connectivity index (χ3v) is 1.38. The molecule has 72 valence electrons. The lowest BCUT2D eigenvalue weighted by molar-refractivity contribution is 0.00199. The first-order valence-corrected chi connectivity index (χ1v) is 4.31. The highest BCUT2D eigenvalue weighted by Crippen LogP contribution is 2.06. The van der Waals surface area contributed by atoms with Crippen LogP contribution in [0.5, 0.6) is 0 Å². The van der Waals surface area contributed by atoms with Gasteiger partial charge in [0.15, 0.2) is 0 Å². The van der Waals surface area contributed by atoms with Gasteiger partial charge in [-0.05, 0) is 26.8 Å². The van der Waals surface area contributed by atoms with Gasteiger partial charge >= 0.3 is 0 Å². The van der Waals surface area contributed by atoms with Gasteiger partial charge in [-0.15, -0.1) is 0 Å². The Morgan fingerprint density at radius 2 is 2.15 bits per heavy atom. The summed E-state index contributed by atoms with van der Waals surface area (Å²) in [7, 11) is 1.97. The Kier molecular flexibility index (Phi) is 2.76. The van der Waals surface area contributed by atoms with Gasteiger partial charge in [0.2, 0.25) is 0 Å². The average Bonchev–Trinajstić information content (AvgIpc) is 2.33. The van der Waals surface area contributed by atoms with Crippen molar-refractivity contribution in [3.05, 3.63) is 24.0 Å². The fraction of sp³-hybridized carbons (Fsp3) is 0.500. The van der Waals surface area contributed by atoms with E-state index in [0.29, 0.717) is 0 Å². The standard InChI is InChI=1S/C10H16N2O/c1-10(2,3)13-11-7-9-5-6-12(4)8-9/h5-8H,1-4H3/b11-7+. The predicted octanol–water partition coefficient (Wildman–Crippen LogP) is 2.17. The highest BCUT2D eigenvalue weighted by atomic mass is 16.6. The molecule has 0 radical (unpaired) electrons. The second kappa shape index (κ2) is 3.64. The number of nitrogens with zero attached hydrogens (tertiary/aromatic N) is 2. The molecule has 3 nitrogen and oxygen atoms in total. The zero-order valence-electron chi connectivity index (χ0n) is 8.61. The maximum absolute atomic E-state index is 5.20. The van der Waals surface area contributed by atoms with Gasteiger partial charge in [-0.1, -0.05) is 5.16 Å². The molecule has 1 rings (SSSR count). The zero-order chi connectivity index (χ0) is 9.90. The highest BCUT2D eigenvalue weighted by Gasteiger charge is 2.09. The van der Waals surface area contributed by atoms with Crippen molar-refractivity contribution >= 4 is 6.21 Å². The Morgan fingerprint density at radius 3 is 2.62 bits per heavy atom. The molecule has 0 aliphatic heterocycles. The lowest BCUT2D eigenvalue weighted by atomic mass is 10.2. The molecule has 0 unspecified atom stereocenters. The quantitative estimate of drug-likeness (QED) is 0.506. The SMILES string of the molecule is Cn1ccc(/C=N/OC(C)(C)C)c1. The van der Waals surface area contributed by atoms with Gasteiger partial charge in [0.1, 0.15) is 5.60 Å². The molecule has 3 heteroatoms. The summed E-state index contributed by atoms with van der Waals surface area (Å²) in [5.41, 5.74) is 0.831. The van der Waals surface area contributed by atoms with Gasteiger partial charge in [-0.3, -0.25) is 0 Å². The molecule has 0 aliphatic carbocycles. The average molecular weight is 180 g/mol. The minimum Gasteiger partial charge on any atom is -0.390 e. The molecule has 13 heavy (non-hydrogen) atoms. The number of oxime groups is 1. The van der Waals surface area contributed by atoms with Crippen molar-refractivity contribution in [1.29, 1.82) is 0 Å². The minimum absolute atomic E-state index is 0.217. The number of hydrogen-bond donors (Lipinski definition) is 0. The van der Waals surface area contributed by atoms with E-state index in [1.54, 1.807) is 6.21 Å². The molecule has 1 aromatic rings. The van der Waals surface area contributed by atoms with Crippen molar-refractivity contribution in [3.63, 3.8) is 0 Å². The molecule has 0 aliphatic rings. The summed E-state index contributed by atoms with van der Waals surface area (Å²) in [6, 6.07) is 1.98. The third kappa shape index (κ3) is 3.78. The first kappa shape index (κ1) is 9.84. The Morgan fingerprint density at radius 1 is 1.46 bits per heavy atom. The largest absolute Gasteiger partial charge is 0.390 e. The molecule has 0 aromatic carbocycles. The monoisotopic (exact) mass is 180 g/mol. The molecule has 0 saturated heterocycles. The van der Waals surface area contributed by atoms with Gasteiger partial charge in [-0.2, -0.15) is 0 Å². The maximum Gasteiger partial charge on any atom is 0.129 e. The number of aromatic nitrogens is 1. The number of rotatable bonds is 2. The second-order valence-corrected chi connectivity index (χ2v) is 4.05. The maximum atomic E-state index is 5.20. The van der Waals surface area contributed by atoms with E-state index < -0.39 is 0 Å². The van der Waals surface area contributed by atoms with E-state index in [1.807, 2.05) is 50.8 Å². The van der Waals surface area contributed by atoms with Crippen LogP contribution in [0.1, 0.15) is 26.3 Å². The van der Waals surface area contributed by atoms with Crippen LogP contribution in [0.4, 0.5) is 0 Å². The summed E-state index contributed by atoms with van der Waals surface area (Å²) in [5, 5.41) is 3.89. The molecule has 0 N–H and O–H groups in total. The Labute approximate surface area is 79.0 Å². The first-order chi connectivity index (χ1) is 5.97. The van der Waals surface area contributed by atoms with Crippen LogP contribution in [0.25, 0.3) is 0 Å². The van der Waals surface area contributed by atoms with E-state index in [9.17, 15) is 0 Å². The molecule has 0 saturated carbocycles. The van der Waals surface area contributed by atoms with Crippen molar-refractivity contribution in [2.24, 2.45) is 12.2 Å². The predicted molar refractivity (Wildman–Crippen MR) is 53.8 cm³/mol. The van der Waals surface area contributed by atoms with Crippen molar-refractivity contribution in [1.82, 2.24) is 4.57 Å². The van der Waals surface area contributed by atoms with E-state index in [0.717, 1.165) is 5.56 Å². The summed E-state index contributed by atoms with van der Waals surface area (Å²) < 4.78 is 1.97. The molecule has 0 fully saturated rings. The minimum atomic E-state index is -0.217. The van der Waals surface area contributed by atoms with Crippen LogP contribution in [0, 0.1) is 0 Å². The second-order valence-electron chi connectivity index (χ2n) is 4.05. The van der Waals surface area contributed by atoms with E-state index in [-0.39, 0.29) is 5.60 Å². The van der Waals surface area contributed by atoms with Crippen LogP contribution in [0.3, 0.4) is 0 Å². The smallest absolute Gasteiger partial charge is 0.129 e. The summed E-state index contributed by atoms with van der Waals surface area (Å²) >= 11 is 0. The number of aryl methyl sites for hydroxylation is 1. The van der Waals surface area contributed by atoms with E-state index in [4.69, 9.17) is 4.84 Å². The Hall–Kier alpha value is -1.25. The van der Waals surface area contributed by atoms with Gasteiger partial charge in [0.25, 0.3) is 0 Å². The summed E-state index contributed by atoms with van der Waals surface area (Å²) in [5.74, 6) is 0. The normalized spacial score (nSPS) is 12.3. The molecule has 0 atom stereocenters. The Balaban J connectivity index is 2.50. The molecule has 0 amide bonds. The number of hydrogen-bond acceptors (Lipinski definition) is 2. The lowest BCUT2D eigenvalue weighted by Gasteiger charge is -2.14. The van der Waals surface area contributed by atoms with Gasteiger partial charge in [-0.25, -0.2) is 0 Å². The fourth-order valence-corrected chi connectivity index (χ4v) is 0.847. The van der Waals surface area contributed by atoms with Crippen LogP contribution in [-0.2, 0) is 11.9 Å².